The molecular formula is C20H30NO4P. The number of Topliss-reactive ketones (excluding diaryl/α,β-unsaturated/α-hetero) is 1. The van der Waals surface area contributed by atoms with Gasteiger partial charge in [0.1, 0.15) is 11.4 Å². The van der Waals surface area contributed by atoms with E-state index in [0.717, 1.165) is 11.1 Å². The Morgan fingerprint density at radius 3 is 2.31 bits per heavy atom. The topological polar surface area (TPSA) is 78.6 Å². The molecule has 5 nitrogen and oxygen atoms in total. The first kappa shape index (κ1) is 21.0. The van der Waals surface area contributed by atoms with E-state index in [4.69, 9.17) is 14.8 Å². The van der Waals surface area contributed by atoms with Crippen LogP contribution in [0.25, 0.3) is 6.08 Å². The number of carbonyl (C=O) groups is 1. The Kier molecular flexibility index (Phi) is 6.62. The maximum atomic E-state index is 13.6. The molecule has 2 atom stereocenters. The molecule has 6 heteroatoms. The lowest BCUT2D eigenvalue weighted by atomic mass is 9.77. The molecule has 0 spiro atoms. The summed E-state index contributed by atoms with van der Waals surface area (Å²) in [6.07, 6.45) is 4.15. The number of hydrogen-bond acceptors (Lipinski definition) is 5. The second-order valence-corrected chi connectivity index (χ2v) is 9.65. The van der Waals surface area contributed by atoms with Crippen LogP contribution in [0.2, 0.25) is 0 Å². The van der Waals surface area contributed by atoms with Crippen LogP contribution in [0.3, 0.4) is 0 Å². The Bertz CT molecular complexity index is 714. The van der Waals surface area contributed by atoms with Crippen molar-refractivity contribution in [2.75, 3.05) is 0 Å². The van der Waals surface area contributed by atoms with Gasteiger partial charge in [-0.3, -0.25) is 9.36 Å². The molecule has 0 heterocycles. The third kappa shape index (κ3) is 4.72. The van der Waals surface area contributed by atoms with E-state index in [9.17, 15) is 9.36 Å². The summed E-state index contributed by atoms with van der Waals surface area (Å²) >= 11 is 0. The van der Waals surface area contributed by atoms with E-state index in [1.54, 1.807) is 27.7 Å². The second kappa shape index (κ2) is 8.18. The van der Waals surface area contributed by atoms with Crippen LogP contribution in [0, 0.1) is 0 Å². The van der Waals surface area contributed by atoms with Crippen LogP contribution in [-0.2, 0) is 23.9 Å². The van der Waals surface area contributed by atoms with E-state index in [1.807, 2.05) is 36.4 Å². The van der Waals surface area contributed by atoms with E-state index in [0.29, 0.717) is 6.42 Å². The molecule has 1 aliphatic carbocycles. The molecule has 0 saturated heterocycles. The van der Waals surface area contributed by atoms with Gasteiger partial charge in [-0.2, -0.15) is 0 Å². The highest BCUT2D eigenvalue weighted by atomic mass is 31.2. The van der Waals surface area contributed by atoms with Gasteiger partial charge in [0.2, 0.25) is 0 Å². The van der Waals surface area contributed by atoms with Gasteiger partial charge in [-0.05, 0) is 58.6 Å². The third-order valence-corrected chi connectivity index (χ3v) is 7.14. The van der Waals surface area contributed by atoms with Crippen molar-refractivity contribution in [1.82, 2.24) is 0 Å². The zero-order valence-corrected chi connectivity index (χ0v) is 17.2. The maximum absolute atomic E-state index is 13.6. The highest BCUT2D eigenvalue weighted by Gasteiger charge is 2.46. The van der Waals surface area contributed by atoms with E-state index in [-0.39, 0.29) is 24.4 Å². The highest BCUT2D eigenvalue weighted by molar-refractivity contribution is 7.55. The molecule has 0 aromatic heterocycles. The van der Waals surface area contributed by atoms with Crippen LogP contribution in [-0.4, -0.2) is 23.7 Å². The van der Waals surface area contributed by atoms with Gasteiger partial charge in [0, 0.05) is 5.54 Å². The number of nitrogens with two attached hydrogens (primary N) is 1. The fourth-order valence-electron chi connectivity index (χ4n) is 3.38. The molecule has 0 fully saturated rings. The van der Waals surface area contributed by atoms with Crippen LogP contribution in [0.5, 0.6) is 0 Å². The van der Waals surface area contributed by atoms with E-state index >= 15 is 0 Å². The summed E-state index contributed by atoms with van der Waals surface area (Å²) in [5, 5.41) is 0. The molecule has 0 amide bonds. The molecule has 0 saturated carbocycles. The Hall–Kier alpha value is -1.26. The van der Waals surface area contributed by atoms with Crippen molar-refractivity contribution in [2.24, 2.45) is 5.73 Å². The molecule has 1 aliphatic rings. The molecule has 2 rings (SSSR count). The summed E-state index contributed by atoms with van der Waals surface area (Å²) < 4.78 is 24.9. The minimum absolute atomic E-state index is 0.209. The fourth-order valence-corrected chi connectivity index (χ4v) is 5.89. The van der Waals surface area contributed by atoms with Crippen molar-refractivity contribution in [2.45, 2.75) is 70.9 Å². The predicted molar refractivity (Wildman–Crippen MR) is 105 cm³/mol. The summed E-state index contributed by atoms with van der Waals surface area (Å²) in [6.45, 7) is 8.56. The van der Waals surface area contributed by atoms with E-state index in [1.165, 1.54) is 6.92 Å². The van der Waals surface area contributed by atoms with Crippen LogP contribution < -0.4 is 5.73 Å². The van der Waals surface area contributed by atoms with Crippen molar-refractivity contribution >= 4 is 19.5 Å². The minimum Gasteiger partial charge on any atom is -0.321 e. The minimum atomic E-state index is -3.67. The molecule has 1 aromatic rings. The Labute approximate surface area is 156 Å². The molecule has 0 aliphatic heterocycles. The van der Waals surface area contributed by atoms with Crippen LogP contribution >= 0.6 is 7.60 Å². The summed E-state index contributed by atoms with van der Waals surface area (Å²) in [4.78, 5) is 12.5. The number of rotatable bonds is 8. The van der Waals surface area contributed by atoms with Crippen molar-refractivity contribution < 1.29 is 18.4 Å². The van der Waals surface area contributed by atoms with Gasteiger partial charge in [-0.15, -0.1) is 0 Å². The van der Waals surface area contributed by atoms with Gasteiger partial charge in [0.05, 0.1) is 12.2 Å². The largest absolute Gasteiger partial charge is 0.341 e. The predicted octanol–water partition coefficient (Wildman–Crippen LogP) is 4.65. The smallest absolute Gasteiger partial charge is 0.321 e. The Morgan fingerprint density at radius 1 is 1.19 bits per heavy atom. The van der Waals surface area contributed by atoms with Crippen molar-refractivity contribution in [1.29, 1.82) is 0 Å². The van der Waals surface area contributed by atoms with Crippen molar-refractivity contribution in [3.8, 4) is 0 Å². The van der Waals surface area contributed by atoms with Crippen LogP contribution in [0.4, 0.5) is 0 Å². The maximum Gasteiger partial charge on any atom is 0.341 e. The van der Waals surface area contributed by atoms with E-state index in [2.05, 4.69) is 0 Å². The average Bonchev–Trinajstić information content (AvgIpc) is 2.51. The first-order valence-corrected chi connectivity index (χ1v) is 10.7. The molecule has 2 N–H and O–H groups in total. The van der Waals surface area contributed by atoms with Gasteiger partial charge in [0.15, 0.2) is 0 Å². The lowest BCUT2D eigenvalue weighted by molar-refractivity contribution is -0.117. The monoisotopic (exact) mass is 379 g/mol. The van der Waals surface area contributed by atoms with Gasteiger partial charge in [-0.25, -0.2) is 0 Å². The third-order valence-electron chi connectivity index (χ3n) is 4.40. The molecule has 26 heavy (non-hydrogen) atoms. The van der Waals surface area contributed by atoms with E-state index < -0.39 is 18.8 Å². The first-order valence-electron chi connectivity index (χ1n) is 9.09. The van der Waals surface area contributed by atoms with Crippen molar-refractivity contribution in [3.63, 3.8) is 0 Å². The molecule has 0 bridgehead atoms. The lowest BCUT2D eigenvalue weighted by Crippen LogP contribution is -2.43. The number of carbonyl (C=O) groups excluding carboxylic acids is 1. The molecule has 0 radical (unpaired) electrons. The molecular weight excluding hydrogens is 349 g/mol. The second-order valence-electron chi connectivity index (χ2n) is 7.53. The first-order chi connectivity index (χ1) is 12.1. The summed E-state index contributed by atoms with van der Waals surface area (Å²) in [5.41, 5.74) is 7.01. The molecule has 2 unspecified atom stereocenters. The fraction of sp³-hybridized carbons (Fsp3) is 0.550. The quantitative estimate of drug-likeness (QED) is 0.665. The number of benzene rings is 1. The van der Waals surface area contributed by atoms with Gasteiger partial charge >= 0.3 is 7.60 Å². The van der Waals surface area contributed by atoms with Crippen LogP contribution in [0.1, 0.15) is 58.6 Å². The zero-order chi connectivity index (χ0) is 19.5. The lowest BCUT2D eigenvalue weighted by Gasteiger charge is -2.38. The average molecular weight is 379 g/mol. The standard InChI is InChI=1S/C20H30NO4P/c1-14(2)24-26(23,25-15(3)4)19(16(5)22)13-20(21)12-8-10-17-9-6-7-11-18(17)20/h6-11,14-15,19H,12-13,21H2,1-5H3. The summed E-state index contributed by atoms with van der Waals surface area (Å²) in [7, 11) is -3.67. The molecule has 144 valence electrons. The zero-order valence-electron chi connectivity index (χ0n) is 16.3. The van der Waals surface area contributed by atoms with Crippen LogP contribution in [0.15, 0.2) is 30.3 Å². The number of fused-ring (bicyclic) bond motifs is 1. The van der Waals surface area contributed by atoms with Gasteiger partial charge in [0.25, 0.3) is 0 Å². The highest BCUT2D eigenvalue weighted by Crippen LogP contribution is 2.58. The Balaban J connectivity index is 2.42. The SMILES string of the molecule is CC(=O)C(CC1(N)CC=Cc2ccccc21)P(=O)(OC(C)C)OC(C)C. The summed E-state index contributed by atoms with van der Waals surface area (Å²) in [6, 6.07) is 7.83. The molecule has 1 aromatic carbocycles. The Morgan fingerprint density at radius 2 is 1.77 bits per heavy atom. The number of ketones is 1. The number of hydrogen-bond donors (Lipinski definition) is 1. The normalized spacial score (nSPS) is 21.1. The van der Waals surface area contributed by atoms with Gasteiger partial charge in [-0.1, -0.05) is 36.4 Å². The van der Waals surface area contributed by atoms with Crippen molar-refractivity contribution in [3.05, 3.63) is 41.5 Å². The van der Waals surface area contributed by atoms with Gasteiger partial charge < -0.3 is 14.8 Å². The summed E-state index contributed by atoms with van der Waals surface area (Å²) in [5.74, 6) is -0.230.